The minimum absolute atomic E-state index is 0.0274. The summed E-state index contributed by atoms with van der Waals surface area (Å²) in [7, 11) is 1.80. The molecule has 1 aromatic carbocycles. The van der Waals surface area contributed by atoms with E-state index in [2.05, 4.69) is 10.2 Å². The van der Waals surface area contributed by atoms with Crippen LogP contribution in [-0.4, -0.2) is 41.6 Å². The number of aromatic nitrogens is 2. The number of halogens is 1. The van der Waals surface area contributed by atoms with Gasteiger partial charge in [0, 0.05) is 13.6 Å². The standard InChI is InChI=1S/C16H20FN3O2/c1-11(2)22-14-6-4-5-12(17)16(14)13-7-8-15(19-18-13)20(3)9-10-21/h4-8,11,21H,9-10H2,1-3H3. The van der Waals surface area contributed by atoms with E-state index in [1.54, 1.807) is 36.2 Å². The van der Waals surface area contributed by atoms with Gasteiger partial charge in [-0.1, -0.05) is 6.07 Å². The van der Waals surface area contributed by atoms with Gasteiger partial charge in [0.1, 0.15) is 11.6 Å². The summed E-state index contributed by atoms with van der Waals surface area (Å²) in [5, 5.41) is 17.1. The average molecular weight is 305 g/mol. The molecule has 1 heterocycles. The van der Waals surface area contributed by atoms with E-state index < -0.39 is 5.82 Å². The quantitative estimate of drug-likeness (QED) is 0.888. The van der Waals surface area contributed by atoms with Crippen LogP contribution < -0.4 is 9.64 Å². The molecule has 2 rings (SSSR count). The molecular formula is C16H20FN3O2. The Hall–Kier alpha value is -2.21. The van der Waals surface area contributed by atoms with Crippen molar-refractivity contribution in [1.82, 2.24) is 10.2 Å². The van der Waals surface area contributed by atoms with Crippen molar-refractivity contribution in [2.24, 2.45) is 0 Å². The lowest BCUT2D eigenvalue weighted by Crippen LogP contribution is -2.22. The molecule has 22 heavy (non-hydrogen) atoms. The summed E-state index contributed by atoms with van der Waals surface area (Å²) in [4.78, 5) is 1.77. The van der Waals surface area contributed by atoms with Gasteiger partial charge in [0.25, 0.3) is 0 Å². The maximum atomic E-state index is 14.2. The fourth-order valence-electron chi connectivity index (χ4n) is 2.03. The number of ether oxygens (including phenoxy) is 1. The van der Waals surface area contributed by atoms with Crippen LogP contribution in [0.1, 0.15) is 13.8 Å². The highest BCUT2D eigenvalue weighted by Crippen LogP contribution is 2.32. The van der Waals surface area contributed by atoms with Crippen LogP contribution in [0.15, 0.2) is 30.3 Å². The van der Waals surface area contributed by atoms with Crippen LogP contribution in [0.4, 0.5) is 10.2 Å². The summed E-state index contributed by atoms with van der Waals surface area (Å²) in [5.41, 5.74) is 0.718. The van der Waals surface area contributed by atoms with Crippen LogP contribution in [0.25, 0.3) is 11.3 Å². The van der Waals surface area contributed by atoms with Gasteiger partial charge in [0.05, 0.1) is 24.0 Å². The molecule has 1 N–H and O–H groups in total. The molecule has 0 bridgehead atoms. The van der Waals surface area contributed by atoms with Gasteiger partial charge >= 0.3 is 0 Å². The van der Waals surface area contributed by atoms with Gasteiger partial charge < -0.3 is 14.7 Å². The van der Waals surface area contributed by atoms with Crippen molar-refractivity contribution in [3.63, 3.8) is 0 Å². The largest absolute Gasteiger partial charge is 0.490 e. The van der Waals surface area contributed by atoms with Crippen molar-refractivity contribution in [3.05, 3.63) is 36.1 Å². The van der Waals surface area contributed by atoms with E-state index in [0.29, 0.717) is 29.4 Å². The first-order valence-electron chi connectivity index (χ1n) is 7.14. The predicted molar refractivity (Wildman–Crippen MR) is 83.5 cm³/mol. The van der Waals surface area contributed by atoms with Crippen LogP contribution >= 0.6 is 0 Å². The molecule has 5 nitrogen and oxygen atoms in total. The normalized spacial score (nSPS) is 10.8. The molecular weight excluding hydrogens is 285 g/mol. The monoisotopic (exact) mass is 305 g/mol. The van der Waals surface area contributed by atoms with E-state index in [-0.39, 0.29) is 12.7 Å². The molecule has 2 aromatic rings. The molecule has 6 heteroatoms. The number of hydrogen-bond donors (Lipinski definition) is 1. The summed E-state index contributed by atoms with van der Waals surface area (Å²) in [6, 6.07) is 8.13. The molecule has 0 aliphatic rings. The number of benzene rings is 1. The van der Waals surface area contributed by atoms with Gasteiger partial charge in [0.2, 0.25) is 0 Å². The highest BCUT2D eigenvalue weighted by molar-refractivity contribution is 5.68. The average Bonchev–Trinajstić information content (AvgIpc) is 2.47. The Bertz CT molecular complexity index is 617. The topological polar surface area (TPSA) is 58.5 Å². The first-order valence-corrected chi connectivity index (χ1v) is 7.14. The summed E-state index contributed by atoms with van der Waals surface area (Å²) in [5.74, 6) is 0.658. The molecule has 1 aromatic heterocycles. The Labute approximate surface area is 129 Å². The molecule has 0 atom stereocenters. The van der Waals surface area contributed by atoms with Gasteiger partial charge in [-0.2, -0.15) is 0 Å². The lowest BCUT2D eigenvalue weighted by Gasteiger charge is -2.17. The molecule has 118 valence electrons. The fraction of sp³-hybridized carbons (Fsp3) is 0.375. The first-order chi connectivity index (χ1) is 10.5. The third kappa shape index (κ3) is 3.71. The van der Waals surface area contributed by atoms with Crippen molar-refractivity contribution < 1.29 is 14.2 Å². The van der Waals surface area contributed by atoms with Crippen LogP contribution in [0.5, 0.6) is 5.75 Å². The van der Waals surface area contributed by atoms with Crippen molar-refractivity contribution in [3.8, 4) is 17.0 Å². The van der Waals surface area contributed by atoms with Crippen LogP contribution in [0.2, 0.25) is 0 Å². The molecule has 0 fully saturated rings. The molecule has 0 spiro atoms. The molecule has 0 saturated heterocycles. The summed E-state index contributed by atoms with van der Waals surface area (Å²) in [6.45, 7) is 4.25. The highest BCUT2D eigenvalue weighted by atomic mass is 19.1. The second-order valence-corrected chi connectivity index (χ2v) is 5.20. The van der Waals surface area contributed by atoms with Gasteiger partial charge in [-0.15, -0.1) is 10.2 Å². The minimum atomic E-state index is -0.399. The van der Waals surface area contributed by atoms with Gasteiger partial charge in [0.15, 0.2) is 5.82 Å². The van der Waals surface area contributed by atoms with Crippen LogP contribution in [0.3, 0.4) is 0 Å². The lowest BCUT2D eigenvalue weighted by atomic mass is 10.1. The zero-order valence-electron chi connectivity index (χ0n) is 13.0. The van der Waals surface area contributed by atoms with E-state index in [1.165, 1.54) is 6.07 Å². The molecule has 0 saturated carbocycles. The van der Waals surface area contributed by atoms with Crippen LogP contribution in [-0.2, 0) is 0 Å². The second-order valence-electron chi connectivity index (χ2n) is 5.20. The Morgan fingerprint density at radius 2 is 2.00 bits per heavy atom. The smallest absolute Gasteiger partial charge is 0.151 e. The number of anilines is 1. The molecule has 0 radical (unpaired) electrons. The summed E-state index contributed by atoms with van der Waals surface area (Å²) in [6.07, 6.45) is -0.0662. The zero-order chi connectivity index (χ0) is 16.1. The van der Waals surface area contributed by atoms with Crippen molar-refractivity contribution in [2.45, 2.75) is 20.0 Å². The third-order valence-corrected chi connectivity index (χ3v) is 3.07. The number of rotatable bonds is 6. The number of aliphatic hydroxyl groups excluding tert-OH is 1. The predicted octanol–water partition coefficient (Wildman–Crippen LogP) is 2.50. The van der Waals surface area contributed by atoms with E-state index in [4.69, 9.17) is 9.84 Å². The van der Waals surface area contributed by atoms with Gasteiger partial charge in [-0.05, 0) is 38.1 Å². The molecule has 0 aliphatic carbocycles. The van der Waals surface area contributed by atoms with Crippen molar-refractivity contribution in [1.29, 1.82) is 0 Å². The number of hydrogen-bond acceptors (Lipinski definition) is 5. The third-order valence-electron chi connectivity index (χ3n) is 3.07. The lowest BCUT2D eigenvalue weighted by molar-refractivity contribution is 0.242. The summed E-state index contributed by atoms with van der Waals surface area (Å²) >= 11 is 0. The Kier molecular flexibility index (Phi) is 5.27. The van der Waals surface area contributed by atoms with Crippen molar-refractivity contribution in [2.75, 3.05) is 25.1 Å². The maximum absolute atomic E-state index is 14.2. The fourth-order valence-corrected chi connectivity index (χ4v) is 2.03. The molecule has 0 unspecified atom stereocenters. The summed E-state index contributed by atoms with van der Waals surface area (Å²) < 4.78 is 19.8. The Morgan fingerprint density at radius 3 is 2.59 bits per heavy atom. The number of aliphatic hydroxyl groups is 1. The number of likely N-dealkylation sites (N-methyl/N-ethyl adjacent to an activating group) is 1. The van der Waals surface area contributed by atoms with E-state index >= 15 is 0 Å². The number of nitrogens with zero attached hydrogens (tertiary/aromatic N) is 3. The van der Waals surface area contributed by atoms with E-state index in [1.807, 2.05) is 13.8 Å². The maximum Gasteiger partial charge on any atom is 0.151 e. The van der Waals surface area contributed by atoms with Crippen LogP contribution in [0, 0.1) is 5.82 Å². The zero-order valence-corrected chi connectivity index (χ0v) is 13.0. The minimum Gasteiger partial charge on any atom is -0.490 e. The molecule has 0 amide bonds. The Balaban J connectivity index is 2.35. The SMILES string of the molecule is CC(C)Oc1cccc(F)c1-c1ccc(N(C)CCO)nn1. The van der Waals surface area contributed by atoms with Gasteiger partial charge in [-0.3, -0.25) is 0 Å². The first kappa shape index (κ1) is 16.2. The second kappa shape index (κ2) is 7.17. The molecule has 0 aliphatic heterocycles. The van der Waals surface area contributed by atoms with Crippen molar-refractivity contribution >= 4 is 5.82 Å². The highest BCUT2D eigenvalue weighted by Gasteiger charge is 2.15. The van der Waals surface area contributed by atoms with E-state index in [0.717, 1.165) is 0 Å². The Morgan fingerprint density at radius 1 is 1.23 bits per heavy atom. The van der Waals surface area contributed by atoms with Gasteiger partial charge in [-0.25, -0.2) is 4.39 Å². The van der Waals surface area contributed by atoms with E-state index in [9.17, 15) is 4.39 Å².